The second-order valence-corrected chi connectivity index (χ2v) is 5.19. The molecule has 0 spiro atoms. The summed E-state index contributed by atoms with van der Waals surface area (Å²) in [5, 5.41) is 6.10. The Balaban J connectivity index is 2.58. The van der Waals surface area contributed by atoms with Gasteiger partial charge in [-0.3, -0.25) is 4.79 Å². The number of hydrogen-bond acceptors (Lipinski definition) is 3. The van der Waals surface area contributed by atoms with Gasteiger partial charge < -0.3 is 15.4 Å². The van der Waals surface area contributed by atoms with Gasteiger partial charge in [-0.2, -0.15) is 0 Å². The van der Waals surface area contributed by atoms with E-state index in [1.165, 1.54) is 0 Å². The summed E-state index contributed by atoms with van der Waals surface area (Å²) in [4.78, 5) is 11.9. The first-order valence-electron chi connectivity index (χ1n) is 6.63. The van der Waals surface area contributed by atoms with E-state index in [2.05, 4.69) is 24.5 Å². The third-order valence-electron chi connectivity index (χ3n) is 2.86. The maximum Gasteiger partial charge on any atom is 0.242 e. The van der Waals surface area contributed by atoms with Crippen LogP contribution in [0, 0.1) is 12.8 Å². The Morgan fingerprint density at radius 1 is 1.32 bits per heavy atom. The third-order valence-corrected chi connectivity index (χ3v) is 2.86. The molecule has 1 aromatic carbocycles. The summed E-state index contributed by atoms with van der Waals surface area (Å²) in [6.07, 6.45) is 0. The van der Waals surface area contributed by atoms with E-state index in [4.69, 9.17) is 4.74 Å². The lowest BCUT2D eigenvalue weighted by Gasteiger charge is -2.17. The van der Waals surface area contributed by atoms with Gasteiger partial charge in [-0.15, -0.1) is 0 Å². The SMILES string of the molecule is COc1ccc(NC(C)C(=O)NCC(C)C)cc1C. The molecule has 1 amide bonds. The molecule has 4 nitrogen and oxygen atoms in total. The van der Waals surface area contributed by atoms with Crippen LogP contribution in [-0.4, -0.2) is 25.6 Å². The molecule has 0 radical (unpaired) electrons. The summed E-state index contributed by atoms with van der Waals surface area (Å²) in [7, 11) is 1.65. The van der Waals surface area contributed by atoms with E-state index in [0.717, 1.165) is 17.0 Å². The predicted octanol–water partition coefficient (Wildman–Crippen LogP) is 2.58. The highest BCUT2D eigenvalue weighted by molar-refractivity contribution is 5.84. The first kappa shape index (κ1) is 15.3. The summed E-state index contributed by atoms with van der Waals surface area (Å²) < 4.78 is 5.21. The van der Waals surface area contributed by atoms with Crippen molar-refractivity contribution in [2.45, 2.75) is 33.7 Å². The van der Waals surface area contributed by atoms with E-state index in [1.807, 2.05) is 32.0 Å². The van der Waals surface area contributed by atoms with Crippen LogP contribution in [0.4, 0.5) is 5.69 Å². The number of carbonyl (C=O) groups is 1. The zero-order chi connectivity index (χ0) is 14.4. The van der Waals surface area contributed by atoms with Gasteiger partial charge in [0.25, 0.3) is 0 Å². The Bertz CT molecular complexity index is 430. The van der Waals surface area contributed by atoms with Crippen LogP contribution in [0.3, 0.4) is 0 Å². The fourth-order valence-corrected chi connectivity index (χ4v) is 1.74. The fourth-order valence-electron chi connectivity index (χ4n) is 1.74. The number of amides is 1. The highest BCUT2D eigenvalue weighted by atomic mass is 16.5. The van der Waals surface area contributed by atoms with Crippen molar-refractivity contribution in [3.05, 3.63) is 23.8 Å². The van der Waals surface area contributed by atoms with Gasteiger partial charge in [0.15, 0.2) is 0 Å². The van der Waals surface area contributed by atoms with Crippen molar-refractivity contribution in [1.29, 1.82) is 0 Å². The molecular weight excluding hydrogens is 240 g/mol. The zero-order valence-electron chi connectivity index (χ0n) is 12.4. The molecule has 0 aromatic heterocycles. The maximum absolute atomic E-state index is 11.9. The molecule has 0 heterocycles. The van der Waals surface area contributed by atoms with E-state index in [0.29, 0.717) is 12.5 Å². The van der Waals surface area contributed by atoms with Gasteiger partial charge in [0, 0.05) is 12.2 Å². The first-order chi connectivity index (χ1) is 8.93. The minimum Gasteiger partial charge on any atom is -0.496 e. The highest BCUT2D eigenvalue weighted by Gasteiger charge is 2.12. The number of ether oxygens (including phenoxy) is 1. The second-order valence-electron chi connectivity index (χ2n) is 5.19. The van der Waals surface area contributed by atoms with Crippen molar-refractivity contribution in [2.24, 2.45) is 5.92 Å². The van der Waals surface area contributed by atoms with Gasteiger partial charge in [-0.1, -0.05) is 13.8 Å². The lowest BCUT2D eigenvalue weighted by molar-refractivity contribution is -0.121. The molecule has 1 unspecified atom stereocenters. The van der Waals surface area contributed by atoms with Crippen LogP contribution in [0.1, 0.15) is 26.3 Å². The molecule has 0 aliphatic rings. The molecule has 1 atom stereocenters. The number of carbonyl (C=O) groups excluding carboxylic acids is 1. The summed E-state index contributed by atoms with van der Waals surface area (Å²) in [6.45, 7) is 8.69. The number of methoxy groups -OCH3 is 1. The first-order valence-corrected chi connectivity index (χ1v) is 6.63. The lowest BCUT2D eigenvalue weighted by atomic mass is 10.1. The molecule has 0 aliphatic carbocycles. The summed E-state index contributed by atoms with van der Waals surface area (Å²) in [5.74, 6) is 1.32. The van der Waals surface area contributed by atoms with E-state index in [9.17, 15) is 4.79 Å². The molecule has 2 N–H and O–H groups in total. The number of benzene rings is 1. The van der Waals surface area contributed by atoms with Gasteiger partial charge in [-0.05, 0) is 43.5 Å². The largest absolute Gasteiger partial charge is 0.496 e. The smallest absolute Gasteiger partial charge is 0.242 e. The van der Waals surface area contributed by atoms with Crippen LogP contribution >= 0.6 is 0 Å². The van der Waals surface area contributed by atoms with Crippen LogP contribution in [0.5, 0.6) is 5.75 Å². The van der Waals surface area contributed by atoms with Gasteiger partial charge in [0.1, 0.15) is 11.8 Å². The van der Waals surface area contributed by atoms with Gasteiger partial charge in [0.2, 0.25) is 5.91 Å². The molecule has 106 valence electrons. The van der Waals surface area contributed by atoms with Crippen LogP contribution < -0.4 is 15.4 Å². The van der Waals surface area contributed by atoms with E-state index < -0.39 is 0 Å². The van der Waals surface area contributed by atoms with Gasteiger partial charge in [0.05, 0.1) is 7.11 Å². The molecule has 1 rings (SSSR count). The lowest BCUT2D eigenvalue weighted by Crippen LogP contribution is -2.39. The number of hydrogen-bond donors (Lipinski definition) is 2. The molecule has 19 heavy (non-hydrogen) atoms. The number of aryl methyl sites for hydroxylation is 1. The van der Waals surface area contributed by atoms with Crippen molar-refractivity contribution < 1.29 is 9.53 Å². The molecule has 0 saturated carbocycles. The minimum atomic E-state index is -0.258. The van der Waals surface area contributed by atoms with Crippen molar-refractivity contribution in [3.63, 3.8) is 0 Å². The van der Waals surface area contributed by atoms with Crippen LogP contribution in [0.25, 0.3) is 0 Å². The Morgan fingerprint density at radius 3 is 2.53 bits per heavy atom. The van der Waals surface area contributed by atoms with Crippen molar-refractivity contribution >= 4 is 11.6 Å². The van der Waals surface area contributed by atoms with Crippen LogP contribution in [-0.2, 0) is 4.79 Å². The average molecular weight is 264 g/mol. The zero-order valence-corrected chi connectivity index (χ0v) is 12.4. The molecular formula is C15H24N2O2. The van der Waals surface area contributed by atoms with Crippen molar-refractivity contribution in [1.82, 2.24) is 5.32 Å². The minimum absolute atomic E-state index is 0.0159. The van der Waals surface area contributed by atoms with Crippen LogP contribution in [0.15, 0.2) is 18.2 Å². The average Bonchev–Trinajstić information content (AvgIpc) is 2.36. The Labute approximate surface area is 115 Å². The molecule has 1 aromatic rings. The van der Waals surface area contributed by atoms with E-state index in [-0.39, 0.29) is 11.9 Å². The number of anilines is 1. The third kappa shape index (κ3) is 4.81. The maximum atomic E-state index is 11.9. The quantitative estimate of drug-likeness (QED) is 0.830. The van der Waals surface area contributed by atoms with Crippen LogP contribution in [0.2, 0.25) is 0 Å². The number of nitrogens with one attached hydrogen (secondary N) is 2. The molecule has 4 heteroatoms. The Morgan fingerprint density at radius 2 is 2.00 bits per heavy atom. The fraction of sp³-hybridized carbons (Fsp3) is 0.533. The molecule has 0 saturated heterocycles. The number of rotatable bonds is 6. The predicted molar refractivity (Wildman–Crippen MR) is 78.7 cm³/mol. The normalized spacial score (nSPS) is 12.1. The summed E-state index contributed by atoms with van der Waals surface area (Å²) in [5.41, 5.74) is 1.97. The van der Waals surface area contributed by atoms with Crippen molar-refractivity contribution in [2.75, 3.05) is 19.0 Å². The standard InChI is InChI=1S/C15H24N2O2/c1-10(2)9-16-15(18)12(4)17-13-6-7-14(19-5)11(3)8-13/h6-8,10,12,17H,9H2,1-5H3,(H,16,18). The monoisotopic (exact) mass is 264 g/mol. The van der Waals surface area contributed by atoms with Gasteiger partial charge in [-0.25, -0.2) is 0 Å². The molecule has 0 bridgehead atoms. The Hall–Kier alpha value is -1.71. The van der Waals surface area contributed by atoms with Gasteiger partial charge >= 0.3 is 0 Å². The van der Waals surface area contributed by atoms with Crippen molar-refractivity contribution in [3.8, 4) is 5.75 Å². The topological polar surface area (TPSA) is 50.4 Å². The second kappa shape index (κ2) is 7.02. The molecule has 0 fully saturated rings. The summed E-state index contributed by atoms with van der Waals surface area (Å²) >= 11 is 0. The van der Waals surface area contributed by atoms with E-state index in [1.54, 1.807) is 7.11 Å². The highest BCUT2D eigenvalue weighted by Crippen LogP contribution is 2.21. The molecule has 0 aliphatic heterocycles. The Kier molecular flexibility index (Phi) is 5.67. The van der Waals surface area contributed by atoms with E-state index >= 15 is 0 Å². The summed E-state index contributed by atoms with van der Waals surface area (Å²) in [6, 6.07) is 5.53.